The molecule has 1 aromatic heterocycles. The normalized spacial score (nSPS) is 14.1. The van der Waals surface area contributed by atoms with Crippen LogP contribution in [0.15, 0.2) is 117 Å². The maximum Gasteiger partial charge on any atom is 0.338 e. The largest absolute Gasteiger partial charge is 0.497 e. The lowest BCUT2D eigenvalue weighted by Gasteiger charge is -2.26. The summed E-state index contributed by atoms with van der Waals surface area (Å²) < 4.78 is 24.7. The first-order valence-electron chi connectivity index (χ1n) is 15.9. The number of carbonyl (C=O) groups is 2. The molecule has 0 saturated carbocycles. The molecule has 1 atom stereocenters. The second-order valence-electron chi connectivity index (χ2n) is 11.1. The van der Waals surface area contributed by atoms with E-state index < -0.39 is 12.0 Å². The summed E-state index contributed by atoms with van der Waals surface area (Å²) in [5.74, 6) is 0.359. The lowest BCUT2D eigenvalue weighted by atomic mass is 9.93. The molecule has 1 aliphatic rings. The van der Waals surface area contributed by atoms with Gasteiger partial charge in [-0.1, -0.05) is 72.0 Å². The lowest BCUT2D eigenvalue weighted by molar-refractivity contribution is -0.138. The van der Waals surface area contributed by atoms with Gasteiger partial charge in [-0.2, -0.15) is 0 Å². The molecule has 2 heterocycles. The molecule has 5 aromatic rings. The summed E-state index contributed by atoms with van der Waals surface area (Å²) in [6.45, 7) is 4.29. The van der Waals surface area contributed by atoms with Crippen LogP contribution >= 0.6 is 27.3 Å². The molecule has 254 valence electrons. The second kappa shape index (κ2) is 15.5. The molecule has 1 aliphatic heterocycles. The van der Waals surface area contributed by atoms with Gasteiger partial charge in [0.25, 0.3) is 5.56 Å². The molecule has 11 heteroatoms. The van der Waals surface area contributed by atoms with Crippen LogP contribution in [-0.4, -0.2) is 36.8 Å². The molecule has 4 aromatic carbocycles. The van der Waals surface area contributed by atoms with Gasteiger partial charge in [0.05, 0.1) is 52.2 Å². The molecule has 0 aliphatic carbocycles. The van der Waals surface area contributed by atoms with E-state index in [2.05, 4.69) is 15.9 Å². The third-order valence-corrected chi connectivity index (χ3v) is 9.52. The van der Waals surface area contributed by atoms with Crippen LogP contribution in [0.1, 0.15) is 52.5 Å². The van der Waals surface area contributed by atoms with Crippen molar-refractivity contribution in [3.05, 3.63) is 155 Å². The molecule has 0 N–H and O–H groups in total. The Morgan fingerprint density at radius 2 is 1.60 bits per heavy atom. The Hall–Kier alpha value is -5.26. The quantitative estimate of drug-likeness (QED) is 0.143. The predicted molar refractivity (Wildman–Crippen MR) is 195 cm³/mol. The Kier molecular flexibility index (Phi) is 10.7. The number of aromatic nitrogens is 1. The fraction of sp³-hybridized carbons (Fsp3) is 0.179. The first kappa shape index (κ1) is 34.6. The maximum atomic E-state index is 14.2. The van der Waals surface area contributed by atoms with E-state index in [-0.39, 0.29) is 30.3 Å². The molecule has 0 amide bonds. The van der Waals surface area contributed by atoms with Gasteiger partial charge in [-0.15, -0.1) is 0 Å². The molecule has 6 rings (SSSR count). The fourth-order valence-corrected chi connectivity index (χ4v) is 7.04. The zero-order valence-electron chi connectivity index (χ0n) is 27.6. The summed E-state index contributed by atoms with van der Waals surface area (Å²) in [5, 5.41) is 0. The first-order chi connectivity index (χ1) is 24.3. The minimum absolute atomic E-state index is 0.167. The predicted octanol–water partition coefficient (Wildman–Crippen LogP) is 6.46. The molecule has 0 fully saturated rings. The molecule has 0 unspecified atom stereocenters. The Morgan fingerprint density at radius 1 is 0.900 bits per heavy atom. The van der Waals surface area contributed by atoms with E-state index in [1.165, 1.54) is 11.3 Å². The van der Waals surface area contributed by atoms with Gasteiger partial charge in [0, 0.05) is 5.56 Å². The average molecular weight is 754 g/mol. The van der Waals surface area contributed by atoms with Crippen LogP contribution in [0.4, 0.5) is 0 Å². The van der Waals surface area contributed by atoms with Crippen LogP contribution in [-0.2, 0) is 20.9 Å². The summed E-state index contributed by atoms with van der Waals surface area (Å²) >= 11 is 4.86. The molecular formula is C39H33BrN2O7S. The summed E-state index contributed by atoms with van der Waals surface area (Å²) in [6, 6.07) is 28.6. The zero-order chi connectivity index (χ0) is 35.2. The fourth-order valence-electron chi connectivity index (χ4n) is 5.53. The van der Waals surface area contributed by atoms with Gasteiger partial charge in [-0.25, -0.2) is 14.6 Å². The van der Waals surface area contributed by atoms with E-state index >= 15 is 0 Å². The highest BCUT2D eigenvalue weighted by Crippen LogP contribution is 2.36. The van der Waals surface area contributed by atoms with Crippen molar-refractivity contribution in [2.75, 3.05) is 20.3 Å². The molecular weight excluding hydrogens is 720 g/mol. The van der Waals surface area contributed by atoms with Gasteiger partial charge in [-0.3, -0.25) is 9.36 Å². The van der Waals surface area contributed by atoms with E-state index in [4.69, 9.17) is 23.9 Å². The van der Waals surface area contributed by atoms with Crippen LogP contribution in [0.5, 0.6) is 11.5 Å². The highest BCUT2D eigenvalue weighted by molar-refractivity contribution is 9.10. The average Bonchev–Trinajstić information content (AvgIpc) is 3.45. The highest BCUT2D eigenvalue weighted by atomic mass is 79.9. The molecule has 0 spiro atoms. The maximum absolute atomic E-state index is 14.2. The number of nitrogens with zero attached hydrogens (tertiary/aromatic N) is 2. The number of halogens is 1. The van der Waals surface area contributed by atoms with E-state index in [1.807, 2.05) is 72.8 Å². The number of ether oxygens (including phenoxy) is 4. The number of thiazole rings is 1. The third kappa shape index (κ3) is 7.34. The second-order valence-corrected chi connectivity index (χ2v) is 13.0. The number of hydrogen-bond acceptors (Lipinski definition) is 9. The van der Waals surface area contributed by atoms with Crippen molar-refractivity contribution >= 4 is 51.0 Å². The van der Waals surface area contributed by atoms with Crippen LogP contribution in [0.25, 0.3) is 11.8 Å². The van der Waals surface area contributed by atoms with Crippen molar-refractivity contribution in [1.29, 1.82) is 0 Å². The van der Waals surface area contributed by atoms with Gasteiger partial charge in [0.15, 0.2) is 4.80 Å². The smallest absolute Gasteiger partial charge is 0.338 e. The summed E-state index contributed by atoms with van der Waals surface area (Å²) in [6.07, 6.45) is 1.80. The van der Waals surface area contributed by atoms with Crippen molar-refractivity contribution in [1.82, 2.24) is 4.57 Å². The van der Waals surface area contributed by atoms with Crippen molar-refractivity contribution in [3.8, 4) is 11.5 Å². The van der Waals surface area contributed by atoms with Crippen molar-refractivity contribution in [2.24, 2.45) is 4.99 Å². The summed E-state index contributed by atoms with van der Waals surface area (Å²) in [7, 11) is 1.58. The van der Waals surface area contributed by atoms with Gasteiger partial charge in [0.2, 0.25) is 0 Å². The van der Waals surface area contributed by atoms with Crippen LogP contribution in [0.2, 0.25) is 0 Å². The van der Waals surface area contributed by atoms with Crippen molar-refractivity contribution in [3.63, 3.8) is 0 Å². The van der Waals surface area contributed by atoms with Gasteiger partial charge >= 0.3 is 11.9 Å². The minimum Gasteiger partial charge on any atom is -0.497 e. The van der Waals surface area contributed by atoms with E-state index in [1.54, 1.807) is 55.9 Å². The van der Waals surface area contributed by atoms with Crippen LogP contribution in [0, 0.1) is 0 Å². The Balaban J connectivity index is 1.37. The minimum atomic E-state index is -0.789. The summed E-state index contributed by atoms with van der Waals surface area (Å²) in [4.78, 5) is 45.2. The first-order valence-corrected chi connectivity index (χ1v) is 17.5. The molecule has 0 radical (unpaired) electrons. The number of benzene rings is 4. The molecule has 50 heavy (non-hydrogen) atoms. The molecule has 9 nitrogen and oxygen atoms in total. The highest BCUT2D eigenvalue weighted by Gasteiger charge is 2.35. The number of esters is 2. The van der Waals surface area contributed by atoms with Gasteiger partial charge in [0.1, 0.15) is 18.1 Å². The van der Waals surface area contributed by atoms with Crippen molar-refractivity contribution < 1.29 is 28.5 Å². The van der Waals surface area contributed by atoms with Crippen LogP contribution < -0.4 is 24.4 Å². The summed E-state index contributed by atoms with van der Waals surface area (Å²) in [5.41, 5.74) is 4.03. The Morgan fingerprint density at radius 3 is 2.26 bits per heavy atom. The topological polar surface area (TPSA) is 105 Å². The number of hydrogen-bond donors (Lipinski definition) is 0. The Labute approximate surface area is 300 Å². The van der Waals surface area contributed by atoms with Gasteiger partial charge < -0.3 is 18.9 Å². The van der Waals surface area contributed by atoms with E-state index in [9.17, 15) is 14.4 Å². The van der Waals surface area contributed by atoms with Gasteiger partial charge in [-0.05, 0) is 88.9 Å². The molecule has 0 bridgehead atoms. The SMILES string of the molecule is CCOC(=O)C1=C(c2ccccc2)N=c2s/c(=C\c3ccc(OCc4ccc(C(=O)OCC)cc4)c(Br)c3)c(=O)n2[C@@H]1c1ccc(OC)cc1. The van der Waals surface area contributed by atoms with Crippen molar-refractivity contribution in [2.45, 2.75) is 26.5 Å². The lowest BCUT2D eigenvalue weighted by Crippen LogP contribution is -2.40. The number of fused-ring (bicyclic) bond motifs is 1. The monoisotopic (exact) mass is 752 g/mol. The zero-order valence-corrected chi connectivity index (χ0v) is 30.0. The number of methoxy groups -OCH3 is 1. The van der Waals surface area contributed by atoms with Crippen LogP contribution in [0.3, 0.4) is 0 Å². The standard InChI is InChI=1S/C39H33BrN2O7S/c1-4-47-37(44)28-14-11-24(12-15-28)23-49-31-20-13-25(21-30(31)40)22-32-36(43)42-35(27-16-18-29(46-3)19-17-27)33(38(45)48-5-2)34(41-39(42)50-32)26-9-7-6-8-10-26/h6-22,35H,4-5,23H2,1-3H3/b32-22-/t35-/m1/s1. The number of rotatable bonds is 11. The molecule has 0 saturated heterocycles. The van der Waals surface area contributed by atoms with E-state index in [0.717, 1.165) is 16.7 Å². The number of carbonyl (C=O) groups excluding carboxylic acids is 2. The van der Waals surface area contributed by atoms with E-state index in [0.29, 0.717) is 48.7 Å². The Bertz CT molecular complexity index is 2240. The third-order valence-electron chi connectivity index (χ3n) is 7.92.